The normalized spacial score (nSPS) is 14.1. The maximum Gasteiger partial charge on any atom is 0.501 e. The van der Waals surface area contributed by atoms with Crippen LogP contribution in [0.2, 0.25) is 18.1 Å². The lowest BCUT2D eigenvalue weighted by atomic mass is 10.0. The molecule has 21 nitrogen and oxygen atoms in total. The fraction of sp³-hybridized carbons (Fsp3) is 0.241. The van der Waals surface area contributed by atoms with Gasteiger partial charge < -0.3 is 54.4 Å². The first-order valence-corrected chi connectivity index (χ1v) is 41.5. The Balaban J connectivity index is 0.000000175. The summed E-state index contributed by atoms with van der Waals surface area (Å²) in [5.74, 6) is 1.88. The molecule has 0 amide bonds. The molecule has 2 saturated heterocycles. The van der Waals surface area contributed by atoms with Gasteiger partial charge in [0.15, 0.2) is 0 Å². The minimum Gasteiger partial charge on any atom is -0.508 e. The highest BCUT2D eigenvalue weighted by Crippen LogP contribution is 2.36. The van der Waals surface area contributed by atoms with Crippen molar-refractivity contribution in [3.05, 3.63) is 256 Å². The molecular weight excluding hydrogens is 1480 g/mol. The number of benzene rings is 3. The molecule has 25 heteroatoms. The maximum atomic E-state index is 9.54. The summed E-state index contributed by atoms with van der Waals surface area (Å²) in [5.41, 5.74) is 15.8. The van der Waals surface area contributed by atoms with Gasteiger partial charge in [-0.1, -0.05) is 104 Å². The average molecular weight is 1570 g/mol. The van der Waals surface area contributed by atoms with E-state index in [9.17, 15) is 5.11 Å². The third-order valence-corrected chi connectivity index (χ3v) is 26.3. The third kappa shape index (κ3) is 22.6. The molecular formula is C83H92BrN9O12Si3. The number of pyridine rings is 9. The van der Waals surface area contributed by atoms with Gasteiger partial charge in [0.05, 0.1) is 101 Å². The van der Waals surface area contributed by atoms with Crippen molar-refractivity contribution in [1.82, 2.24) is 44.9 Å². The zero-order chi connectivity index (χ0) is 73.8. The van der Waals surface area contributed by atoms with Gasteiger partial charge in [-0.2, -0.15) is 0 Å². The molecule has 0 aliphatic carbocycles. The summed E-state index contributed by atoms with van der Waals surface area (Å²) in [5, 5.41) is 10.5. The lowest BCUT2D eigenvalue weighted by molar-refractivity contribution is 0.121. The predicted octanol–water partition coefficient (Wildman–Crippen LogP) is 18.0. The number of aromatic hydroxyl groups is 1. The Morgan fingerprint density at radius 3 is 0.917 bits per heavy atom. The van der Waals surface area contributed by atoms with Gasteiger partial charge in [0.1, 0.15) is 17.2 Å². The highest BCUT2D eigenvalue weighted by molar-refractivity contribution is 9.09. The van der Waals surface area contributed by atoms with Crippen LogP contribution in [0.25, 0.3) is 102 Å². The Morgan fingerprint density at radius 2 is 0.657 bits per heavy atom. The molecule has 0 unspecified atom stereocenters. The molecule has 2 aliphatic heterocycles. The monoisotopic (exact) mass is 1570 g/mol. The molecule has 14 rings (SSSR count). The zero-order valence-electron chi connectivity index (χ0n) is 59.9. The molecule has 12 aromatic rings. The van der Waals surface area contributed by atoms with E-state index in [0.29, 0.717) is 32.5 Å². The smallest absolute Gasteiger partial charge is 0.501 e. The van der Waals surface area contributed by atoms with Crippen molar-refractivity contribution >= 4 is 42.3 Å². The van der Waals surface area contributed by atoms with Crippen molar-refractivity contribution < 1.29 is 54.4 Å². The second-order valence-corrected chi connectivity index (χ2v) is 33.8. The SMILES string of the molecule is C.C.CO[Si](CCCBr)(OC)OC.CO[Si](CCCOc1ccc(-c2cc(-c3ccccn3)nc(-c3ccccn3)c2)cc1)(OC)OC.Oc1ccc(-c2cc(-c3ccccn3)nc(-c3ccccn3)c2)cc1.c1ccc(-c2cc(-c3ccc(OCCC[Si]45OCC(CO4)O5)cc3)cc(-c3ccccn3)n2)nc1. The number of phenolic OH excluding ortho intramolecular Hbond substituents is 1. The van der Waals surface area contributed by atoms with E-state index in [1.807, 2.05) is 170 Å². The van der Waals surface area contributed by atoms with Crippen LogP contribution in [0.3, 0.4) is 0 Å². The van der Waals surface area contributed by atoms with Gasteiger partial charge in [0.25, 0.3) is 0 Å². The Bertz CT molecular complexity index is 4250. The molecule has 11 heterocycles. The van der Waals surface area contributed by atoms with Crippen LogP contribution in [0, 0.1) is 0 Å². The molecule has 0 spiro atoms. The van der Waals surface area contributed by atoms with Crippen molar-refractivity contribution in [2.75, 3.05) is 74.4 Å². The number of nitrogens with zero attached hydrogens (tertiary/aromatic N) is 9. The van der Waals surface area contributed by atoms with Crippen LogP contribution in [0.5, 0.6) is 17.2 Å². The molecule has 0 atom stereocenters. The van der Waals surface area contributed by atoms with E-state index in [1.165, 1.54) is 0 Å². The van der Waals surface area contributed by atoms with Crippen LogP contribution in [-0.4, -0.2) is 157 Å². The lowest BCUT2D eigenvalue weighted by Gasteiger charge is -2.24. The van der Waals surface area contributed by atoms with E-state index in [1.54, 1.807) is 92.0 Å². The Hall–Kier alpha value is -9.82. The van der Waals surface area contributed by atoms with Crippen molar-refractivity contribution in [2.45, 2.75) is 58.4 Å². The number of aromatic nitrogens is 9. The van der Waals surface area contributed by atoms with Gasteiger partial charge in [0.2, 0.25) is 0 Å². The van der Waals surface area contributed by atoms with E-state index < -0.39 is 26.4 Å². The summed E-state index contributed by atoms with van der Waals surface area (Å²) in [6, 6.07) is 72.7. The number of alkyl halides is 1. The molecule has 0 radical (unpaired) electrons. The van der Waals surface area contributed by atoms with Gasteiger partial charge in [0, 0.05) is 103 Å². The van der Waals surface area contributed by atoms with Gasteiger partial charge in [-0.3, -0.25) is 29.9 Å². The number of hydrogen-bond acceptors (Lipinski definition) is 21. The lowest BCUT2D eigenvalue weighted by Crippen LogP contribution is -2.42. The molecule has 108 heavy (non-hydrogen) atoms. The zero-order valence-corrected chi connectivity index (χ0v) is 64.5. The highest BCUT2D eigenvalue weighted by Gasteiger charge is 2.54. The van der Waals surface area contributed by atoms with Crippen LogP contribution in [0.15, 0.2) is 256 Å². The quantitative estimate of drug-likeness (QED) is 0.0272. The van der Waals surface area contributed by atoms with Crippen LogP contribution < -0.4 is 9.47 Å². The van der Waals surface area contributed by atoms with E-state index >= 15 is 0 Å². The van der Waals surface area contributed by atoms with Crippen LogP contribution >= 0.6 is 15.9 Å². The summed E-state index contributed by atoms with van der Waals surface area (Å²) < 4.78 is 61.3. The summed E-state index contributed by atoms with van der Waals surface area (Å²) in [4.78, 5) is 41.2. The second-order valence-electron chi connectivity index (χ2n) is 24.1. The predicted molar refractivity (Wildman–Crippen MR) is 433 cm³/mol. The molecule has 0 saturated carbocycles. The first-order valence-electron chi connectivity index (χ1n) is 34.6. The van der Waals surface area contributed by atoms with E-state index in [-0.39, 0.29) is 26.7 Å². The van der Waals surface area contributed by atoms with Crippen molar-refractivity contribution in [3.8, 4) is 119 Å². The first kappa shape index (κ1) is 82.2. The highest BCUT2D eigenvalue weighted by atomic mass is 79.9. The van der Waals surface area contributed by atoms with E-state index in [0.717, 1.165) is 150 Å². The van der Waals surface area contributed by atoms with E-state index in [2.05, 4.69) is 82.2 Å². The van der Waals surface area contributed by atoms with Gasteiger partial charge in [-0.25, -0.2) is 15.0 Å². The van der Waals surface area contributed by atoms with Crippen LogP contribution in [-0.2, 0) is 39.8 Å². The van der Waals surface area contributed by atoms with Crippen molar-refractivity contribution in [1.29, 1.82) is 0 Å². The van der Waals surface area contributed by atoms with Crippen molar-refractivity contribution in [3.63, 3.8) is 0 Å². The number of rotatable bonds is 28. The summed E-state index contributed by atoms with van der Waals surface area (Å²) in [6.45, 7) is 2.49. The average Bonchev–Trinajstić information content (AvgIpc) is 1.74. The van der Waals surface area contributed by atoms with Gasteiger partial charge in [-0.05, 0) is 198 Å². The molecule has 1 N–H and O–H groups in total. The van der Waals surface area contributed by atoms with Gasteiger partial charge >= 0.3 is 26.4 Å². The molecule has 560 valence electrons. The summed E-state index contributed by atoms with van der Waals surface area (Å²) >= 11 is 3.35. The van der Waals surface area contributed by atoms with Gasteiger partial charge in [-0.15, -0.1) is 0 Å². The largest absolute Gasteiger partial charge is 0.508 e. The standard InChI is InChI=1S/C27H25N3O4Si.C27H29N3O4Si.C21H15N3O.C6H15BrO3Si.2CH4/c1-3-12-28-24(6-1)26-16-21(17-27(30-26)25-7-2-4-13-29-25)20-8-10-22(11-9-20)31-14-5-15-35-32-18-23(34-35)19-33-35;1-31-35(32-2,33-3)18-8-17-34-23-13-11-21(12-14-23)22-19-26(24-9-4-6-15-28-24)30-27(20-22)25-10-5-7-16-29-25;25-17-9-7-15(8-10-17)16-13-20(18-5-1-3-11-22-18)24-21(14-16)19-6-2-4-12-23-19;1-8-11(9-2,10-3)6-4-5-7;;/h1-4,6-13,16-17,23H,5,14-15,18-19H2;4-7,9-16,19-20H,8,17-18H2,1-3H3;1-14,25H;4-6H2,1-3H3;2*1H4. The topological polar surface area (TPSA) is 238 Å². The maximum absolute atomic E-state index is 9.54. The first-order chi connectivity index (χ1) is 52.0. The number of phenols is 1. The van der Waals surface area contributed by atoms with Crippen LogP contribution in [0.1, 0.15) is 34.1 Å². The fourth-order valence-corrected chi connectivity index (χ4v) is 18.5. The molecule has 3 aromatic carbocycles. The Morgan fingerprint density at radius 1 is 0.370 bits per heavy atom. The summed E-state index contributed by atoms with van der Waals surface area (Å²) in [6.07, 6.45) is 13.4. The number of hydrogen-bond donors (Lipinski definition) is 1. The molecule has 9 aromatic heterocycles. The number of halogens is 1. The number of ether oxygens (including phenoxy) is 2. The minimum absolute atomic E-state index is 0. The summed E-state index contributed by atoms with van der Waals surface area (Å²) in [7, 11) is 2.54. The Labute approximate surface area is 645 Å². The van der Waals surface area contributed by atoms with Crippen LogP contribution in [0.4, 0.5) is 0 Å². The number of fused-ring (bicyclic) bond motifs is 2. The third-order valence-electron chi connectivity index (χ3n) is 17.2. The Kier molecular flexibility index (Phi) is 31.6. The minimum atomic E-state index is -2.57. The molecule has 2 fully saturated rings. The second kappa shape index (κ2) is 41.5. The molecule has 2 aliphatic rings. The van der Waals surface area contributed by atoms with E-state index in [4.69, 9.17) is 64.3 Å². The molecule has 2 bridgehead atoms. The fourth-order valence-electron chi connectivity index (χ4n) is 11.6. The van der Waals surface area contributed by atoms with Crippen molar-refractivity contribution in [2.24, 2.45) is 0 Å².